The van der Waals surface area contributed by atoms with Crippen molar-refractivity contribution in [2.24, 2.45) is 17.3 Å². The van der Waals surface area contributed by atoms with E-state index >= 15 is 0 Å². The lowest BCUT2D eigenvalue weighted by Crippen LogP contribution is -2.24. The second kappa shape index (κ2) is 7.07. The Kier molecular flexibility index (Phi) is 6.40. The molecule has 0 bridgehead atoms. The summed E-state index contributed by atoms with van der Waals surface area (Å²) in [5, 5.41) is 1.04. The third kappa shape index (κ3) is 6.18. The molecule has 0 aliphatic heterocycles. The summed E-state index contributed by atoms with van der Waals surface area (Å²) in [7, 11) is 0. The maximum atomic E-state index is 2.52. The molecule has 0 N–H and O–H groups in total. The van der Waals surface area contributed by atoms with E-state index in [1.807, 2.05) is 0 Å². The van der Waals surface area contributed by atoms with Gasteiger partial charge in [0.25, 0.3) is 0 Å². The molecule has 0 aromatic heterocycles. The molecular formula is C16H32S. The second-order valence-corrected chi connectivity index (χ2v) is 8.32. The molecule has 1 saturated carbocycles. The van der Waals surface area contributed by atoms with Crippen LogP contribution >= 0.6 is 11.8 Å². The van der Waals surface area contributed by atoms with E-state index in [0.29, 0.717) is 5.41 Å². The van der Waals surface area contributed by atoms with Gasteiger partial charge in [0.2, 0.25) is 0 Å². The maximum absolute atomic E-state index is 2.52. The van der Waals surface area contributed by atoms with Crippen LogP contribution < -0.4 is 0 Å². The lowest BCUT2D eigenvalue weighted by molar-refractivity contribution is 0.167. The van der Waals surface area contributed by atoms with Gasteiger partial charge < -0.3 is 0 Å². The fourth-order valence-electron chi connectivity index (χ4n) is 2.28. The van der Waals surface area contributed by atoms with Gasteiger partial charge in [-0.1, -0.05) is 41.0 Å². The molecule has 1 rings (SSSR count). The van der Waals surface area contributed by atoms with Gasteiger partial charge in [-0.2, -0.15) is 11.8 Å². The zero-order chi connectivity index (χ0) is 12.9. The van der Waals surface area contributed by atoms with Gasteiger partial charge in [0.1, 0.15) is 0 Å². The highest BCUT2D eigenvalue weighted by atomic mass is 32.2. The summed E-state index contributed by atoms with van der Waals surface area (Å²) in [5.74, 6) is 3.08. The van der Waals surface area contributed by atoms with Crippen LogP contribution in [0.4, 0.5) is 0 Å². The number of hydrogen-bond donors (Lipinski definition) is 0. The fourth-order valence-corrected chi connectivity index (χ4v) is 3.40. The molecular weight excluding hydrogens is 224 g/mol. The third-order valence-electron chi connectivity index (χ3n) is 4.46. The average molecular weight is 256 g/mol. The molecule has 1 unspecified atom stereocenters. The van der Waals surface area contributed by atoms with Crippen molar-refractivity contribution in [1.82, 2.24) is 0 Å². The van der Waals surface area contributed by atoms with Crippen LogP contribution in [-0.2, 0) is 0 Å². The first-order valence-electron chi connectivity index (χ1n) is 7.55. The van der Waals surface area contributed by atoms with Crippen LogP contribution in [0.2, 0.25) is 0 Å². The summed E-state index contributed by atoms with van der Waals surface area (Å²) in [6, 6.07) is 0. The smallest absolute Gasteiger partial charge is 0.00478 e. The van der Waals surface area contributed by atoms with E-state index in [4.69, 9.17) is 0 Å². The number of thioether (sulfide) groups is 1. The maximum Gasteiger partial charge on any atom is 0.00478 e. The van der Waals surface area contributed by atoms with Gasteiger partial charge in [-0.3, -0.25) is 0 Å². The Morgan fingerprint density at radius 2 is 1.76 bits per heavy atom. The van der Waals surface area contributed by atoms with E-state index in [0.717, 1.165) is 17.1 Å². The SMILES string of the molecule is CC(C)CCC(C)(CCCSC1CC1)C(C)C. The van der Waals surface area contributed by atoms with Gasteiger partial charge in [-0.15, -0.1) is 0 Å². The van der Waals surface area contributed by atoms with Crippen LogP contribution in [0.5, 0.6) is 0 Å². The largest absolute Gasteiger partial charge is 0.159 e. The van der Waals surface area contributed by atoms with Crippen molar-refractivity contribution in [1.29, 1.82) is 0 Å². The highest BCUT2D eigenvalue weighted by molar-refractivity contribution is 8.00. The summed E-state index contributed by atoms with van der Waals surface area (Å²) in [5.41, 5.74) is 0.578. The molecule has 0 radical (unpaired) electrons. The van der Waals surface area contributed by atoms with Crippen molar-refractivity contribution in [3.8, 4) is 0 Å². The Morgan fingerprint density at radius 1 is 1.12 bits per heavy atom. The van der Waals surface area contributed by atoms with E-state index in [2.05, 4.69) is 46.4 Å². The summed E-state index contributed by atoms with van der Waals surface area (Å²) < 4.78 is 0. The zero-order valence-electron chi connectivity index (χ0n) is 12.6. The zero-order valence-corrected chi connectivity index (χ0v) is 13.4. The van der Waals surface area contributed by atoms with Crippen molar-refractivity contribution in [3.63, 3.8) is 0 Å². The van der Waals surface area contributed by atoms with Crippen LogP contribution in [0.25, 0.3) is 0 Å². The van der Waals surface area contributed by atoms with Crippen LogP contribution in [0.1, 0.15) is 73.1 Å². The normalized spacial score (nSPS) is 19.9. The molecule has 1 fully saturated rings. The van der Waals surface area contributed by atoms with Gasteiger partial charge in [0, 0.05) is 5.25 Å². The highest BCUT2D eigenvalue weighted by Crippen LogP contribution is 2.40. The molecule has 0 nitrogen and oxygen atoms in total. The predicted octanol–water partition coefficient (Wildman–Crippen LogP) is 5.76. The fraction of sp³-hybridized carbons (Fsp3) is 1.00. The van der Waals surface area contributed by atoms with Gasteiger partial charge >= 0.3 is 0 Å². The van der Waals surface area contributed by atoms with Crippen molar-refractivity contribution >= 4 is 11.8 Å². The minimum atomic E-state index is 0.578. The van der Waals surface area contributed by atoms with E-state index in [9.17, 15) is 0 Å². The summed E-state index contributed by atoms with van der Waals surface area (Å²) >= 11 is 2.22. The molecule has 1 aliphatic rings. The first kappa shape index (κ1) is 15.4. The lowest BCUT2D eigenvalue weighted by atomic mass is 9.71. The highest BCUT2D eigenvalue weighted by Gasteiger charge is 2.28. The Labute approximate surface area is 113 Å². The first-order valence-corrected chi connectivity index (χ1v) is 8.60. The van der Waals surface area contributed by atoms with Crippen LogP contribution in [-0.4, -0.2) is 11.0 Å². The molecule has 102 valence electrons. The summed E-state index contributed by atoms with van der Waals surface area (Å²) in [4.78, 5) is 0. The molecule has 0 aromatic carbocycles. The van der Waals surface area contributed by atoms with Crippen molar-refractivity contribution in [2.75, 3.05) is 5.75 Å². The van der Waals surface area contributed by atoms with Crippen LogP contribution in [0.3, 0.4) is 0 Å². The molecule has 0 amide bonds. The van der Waals surface area contributed by atoms with Crippen LogP contribution in [0, 0.1) is 17.3 Å². The van der Waals surface area contributed by atoms with Crippen LogP contribution in [0.15, 0.2) is 0 Å². The van der Waals surface area contributed by atoms with E-state index < -0.39 is 0 Å². The standard InChI is InChI=1S/C16H32S/c1-13(2)9-11-16(5,14(3)4)10-6-12-17-15-7-8-15/h13-15H,6-12H2,1-5H3. The summed E-state index contributed by atoms with van der Waals surface area (Å²) in [6.07, 6.45) is 8.63. The van der Waals surface area contributed by atoms with Gasteiger partial charge in [-0.05, 0) is 55.1 Å². The molecule has 0 aromatic rings. The monoisotopic (exact) mass is 256 g/mol. The molecule has 1 atom stereocenters. The molecule has 0 heterocycles. The predicted molar refractivity (Wildman–Crippen MR) is 81.7 cm³/mol. The van der Waals surface area contributed by atoms with E-state index in [1.165, 1.54) is 44.3 Å². The molecule has 0 spiro atoms. The molecule has 1 aliphatic carbocycles. The minimum Gasteiger partial charge on any atom is -0.159 e. The first-order chi connectivity index (χ1) is 7.94. The van der Waals surface area contributed by atoms with E-state index in [-0.39, 0.29) is 0 Å². The van der Waals surface area contributed by atoms with Gasteiger partial charge in [0.05, 0.1) is 0 Å². The Bertz CT molecular complexity index is 206. The minimum absolute atomic E-state index is 0.578. The van der Waals surface area contributed by atoms with Gasteiger partial charge in [0.15, 0.2) is 0 Å². The Balaban J connectivity index is 2.23. The molecule has 0 saturated heterocycles. The topological polar surface area (TPSA) is 0 Å². The number of hydrogen-bond acceptors (Lipinski definition) is 1. The molecule has 1 heteroatoms. The lowest BCUT2D eigenvalue weighted by Gasteiger charge is -2.35. The van der Waals surface area contributed by atoms with Crippen molar-refractivity contribution in [3.05, 3.63) is 0 Å². The van der Waals surface area contributed by atoms with E-state index in [1.54, 1.807) is 0 Å². The van der Waals surface area contributed by atoms with Crippen molar-refractivity contribution in [2.45, 2.75) is 78.4 Å². The van der Waals surface area contributed by atoms with Gasteiger partial charge in [-0.25, -0.2) is 0 Å². The number of rotatable bonds is 9. The Hall–Kier alpha value is 0.350. The van der Waals surface area contributed by atoms with Crippen molar-refractivity contribution < 1.29 is 0 Å². The summed E-state index contributed by atoms with van der Waals surface area (Å²) in [6.45, 7) is 12.0. The quantitative estimate of drug-likeness (QED) is 0.473. The third-order valence-corrected chi connectivity index (χ3v) is 5.92. The average Bonchev–Trinajstić information content (AvgIpc) is 3.05. The Morgan fingerprint density at radius 3 is 2.24 bits per heavy atom. The second-order valence-electron chi connectivity index (χ2n) is 6.91. The molecule has 17 heavy (non-hydrogen) atoms.